The highest BCUT2D eigenvalue weighted by atomic mass is 16.7. The number of carbonyl (C=O) groups excluding carboxylic acids is 1. The van der Waals surface area contributed by atoms with Crippen LogP contribution >= 0.6 is 0 Å². The van der Waals surface area contributed by atoms with Crippen LogP contribution in [0.2, 0.25) is 0 Å². The topological polar surface area (TPSA) is 77.7 Å². The molecule has 0 radical (unpaired) electrons. The Morgan fingerprint density at radius 3 is 2.64 bits per heavy atom. The summed E-state index contributed by atoms with van der Waals surface area (Å²) >= 11 is 0. The molecule has 1 spiro atoms. The minimum Gasteiger partial charge on any atom is -0.347 e. The lowest BCUT2D eigenvalue weighted by Crippen LogP contribution is -2.47. The van der Waals surface area contributed by atoms with Crippen LogP contribution in [0.25, 0.3) is 11.5 Å². The van der Waals surface area contributed by atoms with Crippen LogP contribution in [-0.4, -0.2) is 53.0 Å². The van der Waals surface area contributed by atoms with Gasteiger partial charge in [0.25, 0.3) is 5.89 Å². The van der Waals surface area contributed by atoms with Crippen molar-refractivity contribution in [2.75, 3.05) is 26.3 Å². The van der Waals surface area contributed by atoms with E-state index in [2.05, 4.69) is 10.1 Å². The van der Waals surface area contributed by atoms with Crippen LogP contribution < -0.4 is 0 Å². The van der Waals surface area contributed by atoms with E-state index in [9.17, 15) is 4.79 Å². The number of aromatic nitrogens is 2. The molecule has 2 fully saturated rings. The highest BCUT2D eigenvalue weighted by molar-refractivity contribution is 5.78. The fourth-order valence-corrected chi connectivity index (χ4v) is 3.38. The fraction of sp³-hybridized carbons (Fsp3) is 0.500. The molecular weight excluding hydrogens is 322 g/mol. The first-order chi connectivity index (χ1) is 12.2. The van der Waals surface area contributed by atoms with Gasteiger partial charge >= 0.3 is 0 Å². The van der Waals surface area contributed by atoms with Crippen LogP contribution in [0.1, 0.15) is 24.2 Å². The minimum atomic E-state index is -0.471. The van der Waals surface area contributed by atoms with Gasteiger partial charge in [0.05, 0.1) is 19.6 Å². The molecule has 2 saturated heterocycles. The van der Waals surface area contributed by atoms with Crippen LogP contribution in [0.3, 0.4) is 0 Å². The first kappa shape index (κ1) is 16.2. The predicted molar refractivity (Wildman–Crippen MR) is 88.6 cm³/mol. The molecule has 1 amide bonds. The fourth-order valence-electron chi connectivity index (χ4n) is 3.38. The molecule has 7 nitrogen and oxygen atoms in total. The molecule has 132 valence electrons. The molecule has 3 heterocycles. The monoisotopic (exact) mass is 343 g/mol. The Balaban J connectivity index is 1.38. The predicted octanol–water partition coefficient (Wildman–Crippen LogP) is 1.95. The van der Waals surface area contributed by atoms with Crippen molar-refractivity contribution < 1.29 is 18.8 Å². The molecule has 0 atom stereocenters. The number of ether oxygens (including phenoxy) is 2. The summed E-state index contributed by atoms with van der Waals surface area (Å²) in [5.41, 5.74) is 1.95. The number of piperidine rings is 1. The lowest BCUT2D eigenvalue weighted by Gasteiger charge is -2.37. The number of hydrogen-bond donors (Lipinski definition) is 0. The highest BCUT2D eigenvalue weighted by Crippen LogP contribution is 2.31. The van der Waals surface area contributed by atoms with E-state index >= 15 is 0 Å². The molecule has 0 N–H and O–H groups in total. The molecule has 0 aliphatic carbocycles. The average molecular weight is 343 g/mol. The van der Waals surface area contributed by atoms with E-state index in [4.69, 9.17) is 14.0 Å². The van der Waals surface area contributed by atoms with Gasteiger partial charge in [-0.2, -0.15) is 4.98 Å². The molecule has 1 aromatic heterocycles. The van der Waals surface area contributed by atoms with Crippen molar-refractivity contribution in [3.63, 3.8) is 0 Å². The third-order valence-electron chi connectivity index (χ3n) is 4.84. The Bertz CT molecular complexity index is 757. The van der Waals surface area contributed by atoms with E-state index in [0.717, 1.165) is 11.1 Å². The van der Waals surface area contributed by atoms with Crippen molar-refractivity contribution >= 4 is 5.91 Å². The summed E-state index contributed by atoms with van der Waals surface area (Å²) in [6, 6.07) is 7.80. The first-order valence-electron chi connectivity index (χ1n) is 8.59. The maximum absolute atomic E-state index is 12.5. The van der Waals surface area contributed by atoms with E-state index in [-0.39, 0.29) is 12.3 Å². The summed E-state index contributed by atoms with van der Waals surface area (Å²) in [6.07, 6.45) is 1.56. The Kier molecular flexibility index (Phi) is 4.27. The number of benzene rings is 1. The number of amides is 1. The summed E-state index contributed by atoms with van der Waals surface area (Å²) in [5.74, 6) is 0.397. The van der Waals surface area contributed by atoms with Crippen LogP contribution in [-0.2, 0) is 20.7 Å². The van der Waals surface area contributed by atoms with Crippen molar-refractivity contribution in [3.8, 4) is 11.5 Å². The van der Waals surface area contributed by atoms with E-state index in [0.29, 0.717) is 50.9 Å². The Hall–Kier alpha value is -2.25. The quantitative estimate of drug-likeness (QED) is 0.848. The van der Waals surface area contributed by atoms with E-state index < -0.39 is 5.79 Å². The maximum atomic E-state index is 12.5. The van der Waals surface area contributed by atoms with Crippen molar-refractivity contribution in [2.24, 2.45) is 0 Å². The van der Waals surface area contributed by atoms with Crippen molar-refractivity contribution in [2.45, 2.75) is 32.0 Å². The maximum Gasteiger partial charge on any atom is 0.258 e. The van der Waals surface area contributed by atoms with Gasteiger partial charge in [0.15, 0.2) is 11.6 Å². The Morgan fingerprint density at radius 2 is 1.92 bits per heavy atom. The van der Waals surface area contributed by atoms with Crippen molar-refractivity contribution in [1.29, 1.82) is 0 Å². The van der Waals surface area contributed by atoms with Gasteiger partial charge in [-0.05, 0) is 18.6 Å². The lowest BCUT2D eigenvalue weighted by atomic mass is 10.0. The van der Waals surface area contributed by atoms with Gasteiger partial charge in [0.1, 0.15) is 0 Å². The standard InChI is InChI=1S/C18H21N3O4/c1-13-4-2-3-5-14(13)17-19-15(20-25-17)12-16(22)21-8-6-18(7-9-21)23-10-11-24-18/h2-5H,6-12H2,1H3. The molecule has 2 aliphatic heterocycles. The largest absolute Gasteiger partial charge is 0.347 e. The molecule has 0 unspecified atom stereocenters. The van der Waals surface area contributed by atoms with Gasteiger partial charge < -0.3 is 18.9 Å². The van der Waals surface area contributed by atoms with Crippen LogP contribution in [0.5, 0.6) is 0 Å². The SMILES string of the molecule is Cc1ccccc1-c1nc(CC(=O)N2CCC3(CC2)OCCO3)no1. The number of aryl methyl sites for hydroxylation is 1. The number of likely N-dealkylation sites (tertiary alicyclic amines) is 1. The second-order valence-corrected chi connectivity index (χ2v) is 6.50. The Labute approximate surface area is 145 Å². The van der Waals surface area contributed by atoms with E-state index in [1.54, 1.807) is 0 Å². The summed E-state index contributed by atoms with van der Waals surface area (Å²) in [7, 11) is 0. The van der Waals surface area contributed by atoms with Crippen molar-refractivity contribution in [3.05, 3.63) is 35.7 Å². The molecular formula is C18H21N3O4. The van der Waals surface area contributed by atoms with Crippen LogP contribution in [0.4, 0.5) is 0 Å². The zero-order chi connectivity index (χ0) is 17.3. The minimum absolute atomic E-state index is 0.00461. The van der Waals surface area contributed by atoms with Crippen LogP contribution in [0, 0.1) is 6.92 Å². The van der Waals surface area contributed by atoms with Gasteiger partial charge in [0.2, 0.25) is 5.91 Å². The second-order valence-electron chi connectivity index (χ2n) is 6.50. The smallest absolute Gasteiger partial charge is 0.258 e. The van der Waals surface area contributed by atoms with Crippen LogP contribution in [0.15, 0.2) is 28.8 Å². The third-order valence-corrected chi connectivity index (χ3v) is 4.84. The number of hydrogen-bond acceptors (Lipinski definition) is 6. The summed E-state index contributed by atoms with van der Waals surface area (Å²) < 4.78 is 16.7. The second kappa shape index (κ2) is 6.57. The molecule has 0 saturated carbocycles. The molecule has 25 heavy (non-hydrogen) atoms. The average Bonchev–Trinajstić information content (AvgIpc) is 3.26. The molecule has 7 heteroatoms. The summed E-state index contributed by atoms with van der Waals surface area (Å²) in [6.45, 7) is 4.51. The first-order valence-corrected chi connectivity index (χ1v) is 8.59. The summed E-state index contributed by atoms with van der Waals surface area (Å²) in [4.78, 5) is 18.7. The molecule has 0 bridgehead atoms. The number of rotatable bonds is 3. The number of carbonyl (C=O) groups is 1. The number of nitrogens with zero attached hydrogens (tertiary/aromatic N) is 3. The lowest BCUT2D eigenvalue weighted by molar-refractivity contribution is -0.187. The zero-order valence-electron chi connectivity index (χ0n) is 14.2. The van der Waals surface area contributed by atoms with Gasteiger partial charge in [-0.1, -0.05) is 23.4 Å². The molecule has 1 aromatic carbocycles. The summed E-state index contributed by atoms with van der Waals surface area (Å²) in [5, 5.41) is 3.96. The molecule has 4 rings (SSSR count). The zero-order valence-corrected chi connectivity index (χ0v) is 14.2. The normalized spacial score (nSPS) is 19.5. The molecule has 2 aromatic rings. The van der Waals surface area contributed by atoms with Crippen molar-refractivity contribution in [1.82, 2.24) is 15.0 Å². The Morgan fingerprint density at radius 1 is 1.20 bits per heavy atom. The van der Waals surface area contributed by atoms with Gasteiger partial charge in [-0.3, -0.25) is 4.79 Å². The highest BCUT2D eigenvalue weighted by Gasteiger charge is 2.40. The van der Waals surface area contributed by atoms with E-state index in [1.807, 2.05) is 36.1 Å². The van der Waals surface area contributed by atoms with E-state index in [1.165, 1.54) is 0 Å². The molecule has 2 aliphatic rings. The van der Waals surface area contributed by atoms with Gasteiger partial charge in [-0.15, -0.1) is 0 Å². The van der Waals surface area contributed by atoms with Gasteiger partial charge in [-0.25, -0.2) is 0 Å². The van der Waals surface area contributed by atoms with Gasteiger partial charge in [0, 0.05) is 31.5 Å². The third kappa shape index (κ3) is 3.29.